The maximum absolute atomic E-state index is 15.7. The van der Waals surface area contributed by atoms with E-state index in [0.29, 0.717) is 31.6 Å². The van der Waals surface area contributed by atoms with E-state index in [4.69, 9.17) is 22.2 Å². The number of β-lactam (4-membered cyclic amide) rings is 1. The third-order valence-electron chi connectivity index (χ3n) is 9.67. The number of carbonyl (C=O) groups excluding carboxylic acids is 4. The first-order valence-corrected chi connectivity index (χ1v) is 18.8. The predicted octanol–water partition coefficient (Wildman–Crippen LogP) is -6.25. The van der Waals surface area contributed by atoms with Gasteiger partial charge in [0.1, 0.15) is 30.0 Å². The van der Waals surface area contributed by atoms with E-state index >= 15 is 4.39 Å². The van der Waals surface area contributed by atoms with Crippen molar-refractivity contribution in [2.75, 3.05) is 56.7 Å². The van der Waals surface area contributed by atoms with Crippen molar-refractivity contribution < 1.29 is 97.7 Å². The van der Waals surface area contributed by atoms with Crippen molar-refractivity contribution in [3.05, 3.63) is 61.2 Å². The van der Waals surface area contributed by atoms with Crippen LogP contribution >= 0.6 is 34.7 Å². The third kappa shape index (κ3) is 8.33. The molecule has 0 spiro atoms. The van der Waals surface area contributed by atoms with Crippen LogP contribution in [0.2, 0.25) is 5.02 Å². The minimum atomic E-state index is -1.64. The van der Waals surface area contributed by atoms with Crippen molar-refractivity contribution in [1.29, 1.82) is 0 Å². The van der Waals surface area contributed by atoms with E-state index in [1.54, 1.807) is 9.47 Å². The maximum atomic E-state index is 15.7. The minimum absolute atomic E-state index is 0. The minimum Gasteiger partial charge on any atom is -0.545 e. The molecule has 0 bridgehead atoms. The first-order valence-electron chi connectivity index (χ1n) is 16.5. The molecular weight excluding hydrogens is 801 g/mol. The van der Waals surface area contributed by atoms with Crippen LogP contribution < -0.4 is 90.7 Å². The van der Waals surface area contributed by atoms with E-state index < -0.39 is 52.0 Å². The molecule has 3 fully saturated rings. The van der Waals surface area contributed by atoms with Crippen molar-refractivity contribution in [1.82, 2.24) is 24.7 Å². The summed E-state index contributed by atoms with van der Waals surface area (Å²) in [4.78, 5) is 77.0. The molecule has 3 aliphatic heterocycles. The zero-order valence-corrected chi connectivity index (χ0v) is 36.7. The number of carboxylic acid groups (broad SMARTS) is 2. The Labute approximate surface area is 370 Å². The molecule has 280 valence electrons. The number of carboxylic acids is 2. The summed E-state index contributed by atoms with van der Waals surface area (Å²) in [7, 11) is 3.07. The number of rotatable bonds is 12. The number of thiazole rings is 1. The smallest absolute Gasteiger partial charge is 0.545 e. The summed E-state index contributed by atoms with van der Waals surface area (Å²) in [6.45, 7) is 1.57. The Kier molecular flexibility index (Phi) is 13.7. The molecule has 7 rings (SSSR count). The number of hydrogen-bond acceptors (Lipinski definition) is 15. The number of aromatic carboxylic acids is 1. The number of carbonyl (C=O) groups is 4. The average molecular weight is 833 g/mol. The number of anilines is 2. The van der Waals surface area contributed by atoms with E-state index in [1.807, 2.05) is 11.9 Å². The Morgan fingerprint density at radius 3 is 2.55 bits per heavy atom. The van der Waals surface area contributed by atoms with Crippen molar-refractivity contribution in [3.8, 4) is 0 Å². The van der Waals surface area contributed by atoms with Crippen LogP contribution in [0, 0.1) is 11.7 Å². The van der Waals surface area contributed by atoms with Crippen molar-refractivity contribution in [2.24, 2.45) is 11.1 Å². The number of pyridine rings is 1. The molecule has 3 aromatic rings. The number of benzene rings is 1. The maximum Gasteiger partial charge on any atom is 1.00 e. The number of nitrogen functional groups attached to an aromatic ring is 1. The first-order chi connectivity index (χ1) is 25.3. The first kappa shape index (κ1) is 43.4. The van der Waals surface area contributed by atoms with Crippen LogP contribution in [0.15, 0.2) is 38.9 Å². The van der Waals surface area contributed by atoms with E-state index in [1.165, 1.54) is 30.4 Å². The molecule has 16 nitrogen and oxygen atoms in total. The van der Waals surface area contributed by atoms with Crippen LogP contribution in [0.5, 0.6) is 0 Å². The fourth-order valence-corrected chi connectivity index (χ4v) is 9.51. The second-order valence-electron chi connectivity index (χ2n) is 13.3. The molecule has 5 heterocycles. The summed E-state index contributed by atoms with van der Waals surface area (Å²) in [6.07, 6.45) is 3.42. The number of likely N-dealkylation sites (N-methyl/N-ethyl adjacent to an activating group) is 1. The Balaban J connectivity index is 0.00000290. The van der Waals surface area contributed by atoms with Gasteiger partial charge in [0, 0.05) is 49.6 Å². The second kappa shape index (κ2) is 17.4. The number of nitrogens with zero attached hydrogens (tertiary/aromatic N) is 6. The van der Waals surface area contributed by atoms with E-state index in [0.717, 1.165) is 35.1 Å². The summed E-state index contributed by atoms with van der Waals surface area (Å²) < 4.78 is 17.3. The summed E-state index contributed by atoms with van der Waals surface area (Å²) in [6, 6.07) is -0.0441. The fraction of sp³-hybridized carbons (Fsp3) is 0.424. The van der Waals surface area contributed by atoms with Crippen molar-refractivity contribution >= 4 is 85.9 Å². The van der Waals surface area contributed by atoms with Gasteiger partial charge in [0.2, 0.25) is 0 Å². The number of aliphatic carboxylic acids is 1. The van der Waals surface area contributed by atoms with Crippen LogP contribution in [-0.2, 0) is 19.2 Å². The van der Waals surface area contributed by atoms with Crippen LogP contribution in [0.1, 0.15) is 41.4 Å². The van der Waals surface area contributed by atoms with Gasteiger partial charge in [-0.25, -0.2) is 9.37 Å². The molecule has 1 aliphatic carbocycles. The molecule has 55 heavy (non-hydrogen) atoms. The molecule has 2 saturated heterocycles. The van der Waals surface area contributed by atoms with Gasteiger partial charge < -0.3 is 50.1 Å². The number of hydrogen-bond donors (Lipinski definition) is 2. The summed E-state index contributed by atoms with van der Waals surface area (Å²) in [5.41, 5.74) is 4.90. The van der Waals surface area contributed by atoms with Gasteiger partial charge >= 0.3 is 59.1 Å². The Hall–Kier alpha value is -2.72. The molecule has 2 aromatic heterocycles. The summed E-state index contributed by atoms with van der Waals surface area (Å²) in [5, 5.41) is 31.3. The number of nitrogens with one attached hydrogen (secondary N) is 1. The molecule has 4 aliphatic rings. The number of aromatic nitrogens is 2. The zero-order chi connectivity index (χ0) is 37.9. The monoisotopic (exact) mass is 832 g/mol. The number of fused-ring (bicyclic) bond motifs is 2. The number of amides is 2. The normalized spacial score (nSPS) is 20.9. The van der Waals surface area contributed by atoms with Crippen LogP contribution in [0.3, 0.4) is 0 Å². The second-order valence-corrected chi connectivity index (χ2v) is 15.7. The molecule has 1 unspecified atom stereocenters. The van der Waals surface area contributed by atoms with Crippen LogP contribution in [-0.4, -0.2) is 106 Å². The van der Waals surface area contributed by atoms with Crippen LogP contribution in [0.25, 0.3) is 10.9 Å². The summed E-state index contributed by atoms with van der Waals surface area (Å²) in [5.74, 6) is -4.97. The van der Waals surface area contributed by atoms with Crippen molar-refractivity contribution in [3.63, 3.8) is 0 Å². The van der Waals surface area contributed by atoms with E-state index in [-0.39, 0.29) is 127 Å². The van der Waals surface area contributed by atoms with Crippen molar-refractivity contribution in [2.45, 2.75) is 36.7 Å². The molecule has 0 radical (unpaired) electrons. The van der Waals surface area contributed by atoms with Gasteiger partial charge in [0.05, 0.1) is 44.8 Å². The molecule has 1 aromatic carbocycles. The molecular formula is C33H32ClFN8Na2O8S2. The van der Waals surface area contributed by atoms with Gasteiger partial charge in [-0.05, 0) is 43.9 Å². The van der Waals surface area contributed by atoms with Gasteiger partial charge in [0.25, 0.3) is 11.8 Å². The van der Waals surface area contributed by atoms with Crippen LogP contribution in [0.4, 0.5) is 15.2 Å². The fourth-order valence-electron chi connectivity index (χ4n) is 7.22. The molecule has 22 heteroatoms. The standard InChI is InChI=1S/C33H34ClFN8O8S2.2Na/c1-40(8-14-5-6-41(9-14)26-19(35)7-17-25(21(26)34)42(16-3-4-16)11-18(27(17)44)31(47)48)10-15-12-52-30-23(29(46)43(30)24(15)32(49)50)38-28(45)22(39-51-2)20-13-53-33(36)37-20;;/h7,11,13-14,16,23,30H,3-6,8-10,12H2,1-2H3,(H2,36,37)(H,38,45)(H,47,48)(H,49,50);;/q;2*+1/p-2/t14?,23-,30-;;/m1../s1. The topological polar surface area (TPSA) is 219 Å². The van der Waals surface area contributed by atoms with Gasteiger partial charge in [-0.2, -0.15) is 0 Å². The summed E-state index contributed by atoms with van der Waals surface area (Å²) >= 11 is 9.22. The van der Waals surface area contributed by atoms with E-state index in [2.05, 4.69) is 15.5 Å². The zero-order valence-electron chi connectivity index (χ0n) is 30.3. The Morgan fingerprint density at radius 1 is 1.20 bits per heavy atom. The molecule has 3 atom stereocenters. The molecule has 3 N–H and O–H groups in total. The average Bonchev–Trinajstić information content (AvgIpc) is 3.71. The number of oxime groups is 1. The number of halogens is 2. The Bertz CT molecular complexity index is 2200. The number of nitrogens with two attached hydrogens (primary N) is 1. The SMILES string of the molecule is CON=C(C(=O)N[C@@H]1C(=O)N2C(C(=O)[O-])=C(CN(C)CC3CCN(c4c(F)cc5c(=O)c(C(=O)[O-])cn(C6CC6)c5c4Cl)C3)CS[C@H]12)c1csc(N)n1.[Na+].[Na+]. The van der Waals surface area contributed by atoms with Gasteiger partial charge in [-0.1, -0.05) is 16.8 Å². The molecule has 1 saturated carbocycles. The quantitative estimate of drug-likeness (QED) is 0.0753. The third-order valence-corrected chi connectivity index (χ3v) is 12.0. The molecule has 2 amide bonds. The predicted molar refractivity (Wildman–Crippen MR) is 191 cm³/mol. The van der Waals surface area contributed by atoms with Gasteiger partial charge in [0.15, 0.2) is 16.3 Å². The number of thioether (sulfide) groups is 1. The van der Waals surface area contributed by atoms with E-state index in [9.17, 15) is 34.2 Å². The van der Waals surface area contributed by atoms with Gasteiger partial charge in [-0.15, -0.1) is 23.1 Å². The Morgan fingerprint density at radius 2 is 1.93 bits per heavy atom. The van der Waals surface area contributed by atoms with Gasteiger partial charge in [-0.3, -0.25) is 19.3 Å². The largest absolute Gasteiger partial charge is 1.00 e.